The fourth-order valence-electron chi connectivity index (χ4n) is 1.96. The molecule has 1 aromatic carbocycles. The first-order valence-electron chi connectivity index (χ1n) is 5.30. The van der Waals surface area contributed by atoms with E-state index in [2.05, 4.69) is 5.32 Å². The number of sulfone groups is 1. The van der Waals surface area contributed by atoms with Gasteiger partial charge in [0.1, 0.15) is 5.82 Å². The summed E-state index contributed by atoms with van der Waals surface area (Å²) in [5.74, 6) is -0.356. The Bertz CT molecular complexity index is 499. The molecule has 1 heterocycles. The van der Waals surface area contributed by atoms with Crippen molar-refractivity contribution in [3.8, 4) is 0 Å². The van der Waals surface area contributed by atoms with Crippen LogP contribution in [0.15, 0.2) is 23.1 Å². The lowest BCUT2D eigenvalue weighted by atomic mass is 10.1. The van der Waals surface area contributed by atoms with E-state index < -0.39 is 9.84 Å². The molecule has 0 saturated heterocycles. The molecular weight excluding hydrogens is 229 g/mol. The van der Waals surface area contributed by atoms with Gasteiger partial charge in [-0.3, -0.25) is 0 Å². The van der Waals surface area contributed by atoms with E-state index in [0.29, 0.717) is 5.56 Å². The molecule has 1 aliphatic rings. The molecule has 1 aliphatic heterocycles. The van der Waals surface area contributed by atoms with Gasteiger partial charge in [-0.1, -0.05) is 6.92 Å². The minimum absolute atomic E-state index is 0.0335. The van der Waals surface area contributed by atoms with E-state index in [9.17, 15) is 12.8 Å². The van der Waals surface area contributed by atoms with Crippen molar-refractivity contribution < 1.29 is 12.8 Å². The highest BCUT2D eigenvalue weighted by Gasteiger charge is 2.34. The summed E-state index contributed by atoms with van der Waals surface area (Å²) in [4.78, 5) is 0.266. The normalized spacial score (nSPS) is 22.0. The van der Waals surface area contributed by atoms with Crippen molar-refractivity contribution in [2.75, 3.05) is 12.3 Å². The molecule has 3 nitrogen and oxygen atoms in total. The Morgan fingerprint density at radius 3 is 2.94 bits per heavy atom. The lowest BCUT2D eigenvalue weighted by Crippen LogP contribution is -2.23. The lowest BCUT2D eigenvalue weighted by Gasteiger charge is -2.11. The third-order valence-electron chi connectivity index (χ3n) is 2.71. The van der Waals surface area contributed by atoms with Crippen LogP contribution in [0, 0.1) is 5.82 Å². The fourth-order valence-corrected chi connectivity index (χ4v) is 3.71. The number of halogens is 1. The molecule has 1 N–H and O–H groups in total. The number of hydrogen-bond acceptors (Lipinski definition) is 3. The van der Waals surface area contributed by atoms with Crippen LogP contribution in [0.25, 0.3) is 0 Å². The largest absolute Gasteiger partial charge is 0.309 e. The van der Waals surface area contributed by atoms with Crippen molar-refractivity contribution >= 4 is 9.84 Å². The first kappa shape index (κ1) is 11.5. The maximum absolute atomic E-state index is 13.1. The van der Waals surface area contributed by atoms with Crippen LogP contribution in [0.4, 0.5) is 4.39 Å². The molecule has 0 aromatic heterocycles. The molecule has 1 unspecified atom stereocenters. The maximum atomic E-state index is 13.1. The van der Waals surface area contributed by atoms with Crippen LogP contribution < -0.4 is 5.32 Å². The molecule has 0 saturated carbocycles. The minimum atomic E-state index is -3.23. The van der Waals surface area contributed by atoms with Crippen molar-refractivity contribution in [1.82, 2.24) is 5.32 Å². The summed E-state index contributed by atoms with van der Waals surface area (Å²) in [6.45, 7) is 2.74. The zero-order valence-electron chi connectivity index (χ0n) is 9.03. The van der Waals surface area contributed by atoms with Gasteiger partial charge >= 0.3 is 0 Å². The summed E-state index contributed by atoms with van der Waals surface area (Å²) in [6.07, 6.45) is 0.918. The summed E-state index contributed by atoms with van der Waals surface area (Å²) in [6, 6.07) is 3.59. The minimum Gasteiger partial charge on any atom is -0.309 e. The van der Waals surface area contributed by atoms with Crippen LogP contribution in [-0.2, 0) is 9.84 Å². The SMILES string of the molecule is CCCNC1CS(=O)(=O)c2ccc(F)cc21. The number of nitrogens with one attached hydrogen (secondary N) is 1. The highest BCUT2D eigenvalue weighted by atomic mass is 32.2. The predicted octanol–water partition coefficient (Wildman–Crippen LogP) is 1.65. The molecular formula is C11H14FNO2S. The van der Waals surface area contributed by atoms with Crippen molar-refractivity contribution in [2.24, 2.45) is 0 Å². The van der Waals surface area contributed by atoms with Gasteiger partial charge in [-0.2, -0.15) is 0 Å². The Labute approximate surface area is 94.6 Å². The number of fused-ring (bicyclic) bond motifs is 1. The predicted molar refractivity (Wildman–Crippen MR) is 59.5 cm³/mol. The van der Waals surface area contributed by atoms with E-state index in [1.807, 2.05) is 6.92 Å². The molecule has 1 atom stereocenters. The molecule has 0 aliphatic carbocycles. The van der Waals surface area contributed by atoms with Gasteiger partial charge in [0.25, 0.3) is 0 Å². The van der Waals surface area contributed by atoms with E-state index in [0.717, 1.165) is 13.0 Å². The molecule has 88 valence electrons. The summed E-state index contributed by atoms with van der Waals surface area (Å²) in [5.41, 5.74) is 0.563. The third-order valence-corrected chi connectivity index (χ3v) is 4.52. The lowest BCUT2D eigenvalue weighted by molar-refractivity contribution is 0.559. The average Bonchev–Trinajstić information content (AvgIpc) is 2.47. The van der Waals surface area contributed by atoms with Gasteiger partial charge in [0.2, 0.25) is 0 Å². The van der Waals surface area contributed by atoms with E-state index in [-0.39, 0.29) is 22.5 Å². The van der Waals surface area contributed by atoms with E-state index >= 15 is 0 Å². The van der Waals surface area contributed by atoms with Crippen LogP contribution in [0.3, 0.4) is 0 Å². The topological polar surface area (TPSA) is 46.2 Å². The molecule has 5 heteroatoms. The number of benzene rings is 1. The maximum Gasteiger partial charge on any atom is 0.180 e. The summed E-state index contributed by atoms with van der Waals surface area (Å²) in [5, 5.41) is 3.12. The first-order valence-corrected chi connectivity index (χ1v) is 6.95. The average molecular weight is 243 g/mol. The standard InChI is InChI=1S/C11H14FNO2S/c1-2-5-13-10-7-16(14,15)11-4-3-8(12)6-9(10)11/h3-4,6,10,13H,2,5,7H2,1H3. The summed E-state index contributed by atoms with van der Waals surface area (Å²) in [7, 11) is -3.23. The van der Waals surface area contributed by atoms with Gasteiger partial charge in [0.15, 0.2) is 9.84 Å². The second-order valence-corrected chi connectivity index (χ2v) is 5.97. The van der Waals surface area contributed by atoms with Crippen molar-refractivity contribution in [2.45, 2.75) is 24.3 Å². The van der Waals surface area contributed by atoms with Crippen LogP contribution in [0.5, 0.6) is 0 Å². The van der Waals surface area contributed by atoms with E-state index in [4.69, 9.17) is 0 Å². The van der Waals surface area contributed by atoms with Crippen molar-refractivity contribution in [1.29, 1.82) is 0 Å². The van der Waals surface area contributed by atoms with E-state index in [1.54, 1.807) is 0 Å². The Morgan fingerprint density at radius 1 is 1.50 bits per heavy atom. The fraction of sp³-hybridized carbons (Fsp3) is 0.455. The van der Waals surface area contributed by atoms with Gasteiger partial charge in [-0.05, 0) is 36.7 Å². The zero-order chi connectivity index (χ0) is 11.8. The van der Waals surface area contributed by atoms with E-state index in [1.165, 1.54) is 18.2 Å². The monoisotopic (exact) mass is 243 g/mol. The summed E-state index contributed by atoms with van der Waals surface area (Å²) < 4.78 is 36.6. The van der Waals surface area contributed by atoms with Gasteiger partial charge in [-0.15, -0.1) is 0 Å². The van der Waals surface area contributed by atoms with Crippen molar-refractivity contribution in [3.63, 3.8) is 0 Å². The molecule has 0 amide bonds. The van der Waals surface area contributed by atoms with Gasteiger partial charge in [0, 0.05) is 6.04 Å². The Balaban J connectivity index is 2.40. The number of hydrogen-bond donors (Lipinski definition) is 1. The molecule has 0 spiro atoms. The zero-order valence-corrected chi connectivity index (χ0v) is 9.85. The van der Waals surface area contributed by atoms with Gasteiger partial charge < -0.3 is 5.32 Å². The molecule has 2 rings (SSSR count). The second kappa shape index (κ2) is 4.14. The smallest absolute Gasteiger partial charge is 0.180 e. The Morgan fingerprint density at radius 2 is 2.25 bits per heavy atom. The Hall–Kier alpha value is -0.940. The molecule has 0 radical (unpaired) electrons. The highest BCUT2D eigenvalue weighted by molar-refractivity contribution is 7.91. The highest BCUT2D eigenvalue weighted by Crippen LogP contribution is 2.33. The third kappa shape index (κ3) is 1.97. The molecule has 16 heavy (non-hydrogen) atoms. The van der Waals surface area contributed by atoms with Crippen LogP contribution in [0.1, 0.15) is 24.9 Å². The number of rotatable bonds is 3. The molecule has 1 aromatic rings. The van der Waals surface area contributed by atoms with Crippen LogP contribution >= 0.6 is 0 Å². The van der Waals surface area contributed by atoms with Gasteiger partial charge in [-0.25, -0.2) is 12.8 Å². The first-order chi connectivity index (χ1) is 7.54. The Kier molecular flexibility index (Phi) is 2.99. The van der Waals surface area contributed by atoms with Gasteiger partial charge in [0.05, 0.1) is 10.6 Å². The van der Waals surface area contributed by atoms with Crippen LogP contribution in [0.2, 0.25) is 0 Å². The molecule has 0 bridgehead atoms. The second-order valence-electron chi connectivity index (χ2n) is 3.97. The van der Waals surface area contributed by atoms with Crippen molar-refractivity contribution in [3.05, 3.63) is 29.6 Å². The van der Waals surface area contributed by atoms with Crippen LogP contribution in [-0.4, -0.2) is 20.7 Å². The summed E-state index contributed by atoms with van der Waals surface area (Å²) >= 11 is 0. The quantitative estimate of drug-likeness (QED) is 0.821. The molecule has 0 fully saturated rings.